The molecule has 1 atom stereocenters. The van der Waals surface area contributed by atoms with Crippen LogP contribution in [0.2, 0.25) is 5.02 Å². The van der Waals surface area contributed by atoms with Gasteiger partial charge in [0.25, 0.3) is 5.91 Å². The van der Waals surface area contributed by atoms with E-state index >= 15 is 0 Å². The van der Waals surface area contributed by atoms with Gasteiger partial charge in [-0.15, -0.1) is 0 Å². The van der Waals surface area contributed by atoms with Crippen LogP contribution in [0.1, 0.15) is 42.1 Å². The van der Waals surface area contributed by atoms with Gasteiger partial charge in [0.2, 0.25) is 10.0 Å². The highest BCUT2D eigenvalue weighted by Crippen LogP contribution is 2.34. The second-order valence-electron chi connectivity index (χ2n) is 8.94. The lowest BCUT2D eigenvalue weighted by Crippen LogP contribution is -2.41. The van der Waals surface area contributed by atoms with Crippen molar-refractivity contribution in [1.29, 1.82) is 0 Å². The zero-order valence-electron chi connectivity index (χ0n) is 19.8. The summed E-state index contributed by atoms with van der Waals surface area (Å²) in [6.45, 7) is 2.79. The fourth-order valence-electron chi connectivity index (χ4n) is 4.50. The molecular weight excluding hydrogens is 514 g/mol. The number of aromatic nitrogens is 1. The van der Waals surface area contributed by atoms with Gasteiger partial charge in [0.05, 0.1) is 21.2 Å². The third-order valence-electron chi connectivity index (χ3n) is 6.47. The molecule has 1 aliphatic heterocycles. The van der Waals surface area contributed by atoms with Crippen LogP contribution in [0, 0.1) is 0 Å². The molecule has 36 heavy (non-hydrogen) atoms. The molecule has 1 aromatic heterocycles. The molecule has 0 bridgehead atoms. The van der Waals surface area contributed by atoms with E-state index in [0.29, 0.717) is 34.3 Å². The highest BCUT2D eigenvalue weighted by Gasteiger charge is 2.31. The first-order chi connectivity index (χ1) is 17.3. The number of hydrogen-bond donors (Lipinski definition) is 0. The summed E-state index contributed by atoms with van der Waals surface area (Å²) in [6.07, 6.45) is 2.76. The number of carbonyl (C=O) groups excluding carboxylic acids is 1. The third kappa shape index (κ3) is 4.91. The number of nitrogens with zero attached hydrogens (tertiary/aromatic N) is 3. The van der Waals surface area contributed by atoms with E-state index in [1.165, 1.54) is 23.5 Å². The molecule has 9 heteroatoms. The average Bonchev–Trinajstić information content (AvgIpc) is 3.33. The van der Waals surface area contributed by atoms with Crippen LogP contribution in [-0.2, 0) is 16.6 Å². The zero-order chi connectivity index (χ0) is 25.3. The van der Waals surface area contributed by atoms with Crippen LogP contribution in [0.4, 0.5) is 5.13 Å². The van der Waals surface area contributed by atoms with Crippen molar-refractivity contribution in [2.24, 2.45) is 0 Å². The second-order valence-corrected chi connectivity index (χ2v) is 12.3. The van der Waals surface area contributed by atoms with Crippen LogP contribution in [0.5, 0.6) is 0 Å². The Morgan fingerprint density at radius 1 is 1.06 bits per heavy atom. The molecule has 1 unspecified atom stereocenters. The van der Waals surface area contributed by atoms with Crippen LogP contribution in [-0.4, -0.2) is 36.2 Å². The van der Waals surface area contributed by atoms with Crippen LogP contribution >= 0.6 is 22.9 Å². The Kier molecular flexibility index (Phi) is 7.12. The van der Waals surface area contributed by atoms with E-state index in [9.17, 15) is 13.2 Å². The van der Waals surface area contributed by atoms with Gasteiger partial charge in [0.15, 0.2) is 5.13 Å². The van der Waals surface area contributed by atoms with E-state index in [1.54, 1.807) is 27.4 Å². The van der Waals surface area contributed by atoms with Crippen LogP contribution in [0.3, 0.4) is 0 Å². The van der Waals surface area contributed by atoms with Gasteiger partial charge in [-0.25, -0.2) is 13.4 Å². The van der Waals surface area contributed by atoms with Crippen molar-refractivity contribution in [3.63, 3.8) is 0 Å². The fourth-order valence-corrected chi connectivity index (χ4v) is 7.46. The predicted molar refractivity (Wildman–Crippen MR) is 145 cm³/mol. The molecule has 1 fully saturated rings. The maximum atomic E-state index is 13.7. The molecule has 0 radical (unpaired) electrons. The molecule has 0 aliphatic carbocycles. The molecule has 2 heterocycles. The van der Waals surface area contributed by atoms with Crippen molar-refractivity contribution in [3.05, 3.63) is 88.9 Å². The lowest BCUT2D eigenvalue weighted by molar-refractivity contribution is 0.0985. The molecule has 0 saturated carbocycles. The van der Waals surface area contributed by atoms with E-state index in [1.807, 2.05) is 49.4 Å². The van der Waals surface area contributed by atoms with E-state index in [0.717, 1.165) is 29.5 Å². The lowest BCUT2D eigenvalue weighted by Gasteiger charge is -2.32. The smallest absolute Gasteiger partial charge is 0.260 e. The summed E-state index contributed by atoms with van der Waals surface area (Å²) in [5.74, 6) is -0.260. The van der Waals surface area contributed by atoms with Crippen molar-refractivity contribution in [3.8, 4) is 0 Å². The molecule has 3 aromatic carbocycles. The molecule has 0 spiro atoms. The summed E-state index contributed by atoms with van der Waals surface area (Å²) in [7, 11) is -3.61. The van der Waals surface area contributed by atoms with E-state index in [2.05, 4.69) is 4.98 Å². The zero-order valence-corrected chi connectivity index (χ0v) is 22.2. The number of halogens is 1. The number of thiazole rings is 1. The Morgan fingerprint density at radius 2 is 1.81 bits per heavy atom. The van der Waals surface area contributed by atoms with Crippen LogP contribution < -0.4 is 4.90 Å². The van der Waals surface area contributed by atoms with Gasteiger partial charge in [0, 0.05) is 18.2 Å². The van der Waals surface area contributed by atoms with Gasteiger partial charge in [-0.1, -0.05) is 65.8 Å². The van der Waals surface area contributed by atoms with Crippen molar-refractivity contribution in [1.82, 2.24) is 9.29 Å². The highest BCUT2D eigenvalue weighted by molar-refractivity contribution is 7.89. The summed E-state index contributed by atoms with van der Waals surface area (Å²) in [5, 5.41) is 1.06. The van der Waals surface area contributed by atoms with E-state index in [-0.39, 0.29) is 16.8 Å². The van der Waals surface area contributed by atoms with Crippen molar-refractivity contribution in [2.75, 3.05) is 11.4 Å². The first-order valence-electron chi connectivity index (χ1n) is 11.9. The number of rotatable bonds is 6. The molecule has 186 valence electrons. The Hall–Kier alpha value is -2.78. The minimum atomic E-state index is -3.61. The Labute approximate surface area is 220 Å². The molecule has 0 N–H and O–H groups in total. The lowest BCUT2D eigenvalue weighted by atomic mass is 10.1. The Bertz CT molecular complexity index is 1490. The molecule has 5 rings (SSSR count). The number of amides is 1. The van der Waals surface area contributed by atoms with Crippen molar-refractivity contribution in [2.45, 2.75) is 43.7 Å². The molecule has 6 nitrogen and oxygen atoms in total. The van der Waals surface area contributed by atoms with Gasteiger partial charge >= 0.3 is 0 Å². The van der Waals surface area contributed by atoms with Gasteiger partial charge < -0.3 is 0 Å². The number of hydrogen-bond acceptors (Lipinski definition) is 5. The fraction of sp³-hybridized carbons (Fsp3) is 0.259. The highest BCUT2D eigenvalue weighted by atomic mass is 35.5. The van der Waals surface area contributed by atoms with Gasteiger partial charge in [-0.05, 0) is 61.7 Å². The van der Waals surface area contributed by atoms with Gasteiger partial charge in [-0.3, -0.25) is 9.69 Å². The number of fused-ring (bicyclic) bond motifs is 1. The minimum absolute atomic E-state index is 0.0303. The first kappa shape index (κ1) is 24.9. The van der Waals surface area contributed by atoms with E-state index in [4.69, 9.17) is 11.6 Å². The summed E-state index contributed by atoms with van der Waals surface area (Å²) < 4.78 is 28.9. The second kappa shape index (κ2) is 10.3. The largest absolute Gasteiger partial charge is 0.279 e. The van der Waals surface area contributed by atoms with Gasteiger partial charge in [-0.2, -0.15) is 4.31 Å². The maximum absolute atomic E-state index is 13.7. The van der Waals surface area contributed by atoms with E-state index < -0.39 is 10.0 Å². The maximum Gasteiger partial charge on any atom is 0.260 e. The van der Waals surface area contributed by atoms with Crippen LogP contribution in [0.15, 0.2) is 77.7 Å². The topological polar surface area (TPSA) is 70.6 Å². The quantitative estimate of drug-likeness (QED) is 0.286. The van der Waals surface area contributed by atoms with Crippen molar-refractivity contribution >= 4 is 54.2 Å². The predicted octanol–water partition coefficient (Wildman–Crippen LogP) is 6.36. The Balaban J connectivity index is 1.48. The molecule has 1 saturated heterocycles. The minimum Gasteiger partial charge on any atom is -0.279 e. The molecule has 1 aliphatic rings. The number of carbonyl (C=O) groups is 1. The number of piperidine rings is 1. The van der Waals surface area contributed by atoms with Crippen molar-refractivity contribution < 1.29 is 13.2 Å². The standard InChI is InChI=1S/C27H26ClN3O3S2/c1-19-8-5-6-17-31(19)36(33,34)22-15-13-21(14-16-22)26(32)30(18-20-9-3-2-4-10-20)27-29-25-23(28)11-7-12-24(25)35-27/h2-4,7,9-16,19H,5-6,8,17-18H2,1H3. The van der Waals surface area contributed by atoms with Crippen LogP contribution in [0.25, 0.3) is 10.2 Å². The monoisotopic (exact) mass is 539 g/mol. The Morgan fingerprint density at radius 3 is 2.50 bits per heavy atom. The number of anilines is 1. The normalized spacial score (nSPS) is 16.8. The summed E-state index contributed by atoms with van der Waals surface area (Å²) in [5.41, 5.74) is 2.00. The summed E-state index contributed by atoms with van der Waals surface area (Å²) >= 11 is 7.74. The number of benzene rings is 3. The number of sulfonamides is 1. The molecule has 4 aromatic rings. The third-order valence-corrected chi connectivity index (χ3v) is 9.84. The number of para-hydroxylation sites is 1. The molecule has 1 amide bonds. The average molecular weight is 540 g/mol. The van der Waals surface area contributed by atoms with Gasteiger partial charge in [0.1, 0.15) is 5.52 Å². The first-order valence-corrected chi connectivity index (χ1v) is 14.5. The SMILES string of the molecule is CC1CCCCN1S(=O)(=O)c1ccc(C(=O)N(Cc2ccccc2)c2nc3c(Cl)cccc3s2)cc1. The summed E-state index contributed by atoms with van der Waals surface area (Å²) in [6, 6.07) is 21.4. The summed E-state index contributed by atoms with van der Waals surface area (Å²) in [4.78, 5) is 20.2. The molecular formula is C27H26ClN3O3S2.